The van der Waals surface area contributed by atoms with Crippen LogP contribution in [0.1, 0.15) is 5.56 Å². The maximum atomic E-state index is 11.3. The molecule has 0 spiro atoms. The molecule has 2 rings (SSSR count). The second kappa shape index (κ2) is 2.99. The molecule has 1 aromatic heterocycles. The van der Waals surface area contributed by atoms with Gasteiger partial charge in [-0.05, 0) is 36.2 Å². The SMILES string of the molecule is Cc1ccc2c(c1)[nH]c(=O)n2C(=O)Cl. The summed E-state index contributed by atoms with van der Waals surface area (Å²) in [7, 11) is 0. The van der Waals surface area contributed by atoms with Gasteiger partial charge in [0, 0.05) is 0 Å². The number of aromatic amines is 1. The predicted molar refractivity (Wildman–Crippen MR) is 53.9 cm³/mol. The molecule has 0 bridgehead atoms. The van der Waals surface area contributed by atoms with E-state index in [0.29, 0.717) is 11.0 Å². The Hall–Kier alpha value is -1.55. The van der Waals surface area contributed by atoms with Gasteiger partial charge in [0.25, 0.3) is 0 Å². The first-order valence-electron chi connectivity index (χ1n) is 4.01. The minimum Gasteiger partial charge on any atom is -0.305 e. The third kappa shape index (κ3) is 1.24. The highest BCUT2D eigenvalue weighted by atomic mass is 35.5. The molecule has 0 unspecified atom stereocenters. The van der Waals surface area contributed by atoms with Gasteiger partial charge in [0.1, 0.15) is 0 Å². The lowest BCUT2D eigenvalue weighted by molar-refractivity contribution is 0.261. The van der Waals surface area contributed by atoms with Crippen LogP contribution in [0.2, 0.25) is 0 Å². The van der Waals surface area contributed by atoms with Gasteiger partial charge in [-0.25, -0.2) is 9.36 Å². The third-order valence-electron chi connectivity index (χ3n) is 2.01. The molecule has 1 heterocycles. The first-order chi connectivity index (χ1) is 6.59. The summed E-state index contributed by atoms with van der Waals surface area (Å²) in [6.45, 7) is 1.90. The Labute approximate surface area is 84.1 Å². The number of H-pyrrole nitrogens is 1. The van der Waals surface area contributed by atoms with E-state index < -0.39 is 11.1 Å². The molecule has 0 aliphatic carbocycles. The van der Waals surface area contributed by atoms with Crippen LogP contribution < -0.4 is 5.69 Å². The van der Waals surface area contributed by atoms with Gasteiger partial charge in [0.15, 0.2) is 0 Å². The van der Waals surface area contributed by atoms with Crippen LogP contribution in [0.3, 0.4) is 0 Å². The molecule has 72 valence electrons. The molecule has 4 nitrogen and oxygen atoms in total. The molecular weight excluding hydrogens is 204 g/mol. The van der Waals surface area contributed by atoms with Crippen molar-refractivity contribution in [2.75, 3.05) is 0 Å². The van der Waals surface area contributed by atoms with Gasteiger partial charge in [-0.2, -0.15) is 0 Å². The Balaban J connectivity index is 2.91. The van der Waals surface area contributed by atoms with Gasteiger partial charge in [0.05, 0.1) is 11.0 Å². The second-order valence-electron chi connectivity index (χ2n) is 3.04. The van der Waals surface area contributed by atoms with Crippen LogP contribution in [0.4, 0.5) is 4.79 Å². The zero-order valence-electron chi connectivity index (χ0n) is 7.37. The molecule has 0 amide bonds. The van der Waals surface area contributed by atoms with Gasteiger partial charge in [0.2, 0.25) is 0 Å². The largest absolute Gasteiger partial charge is 0.334 e. The third-order valence-corrected chi connectivity index (χ3v) is 2.18. The van der Waals surface area contributed by atoms with E-state index in [1.165, 1.54) is 0 Å². The van der Waals surface area contributed by atoms with Crippen LogP contribution >= 0.6 is 11.6 Å². The Morgan fingerprint density at radius 1 is 1.50 bits per heavy atom. The number of nitrogens with one attached hydrogen (secondary N) is 1. The lowest BCUT2D eigenvalue weighted by Gasteiger charge is -1.95. The molecule has 0 aliphatic heterocycles. The minimum atomic E-state index is -0.801. The molecule has 14 heavy (non-hydrogen) atoms. The van der Waals surface area contributed by atoms with Crippen LogP contribution in [0, 0.1) is 6.92 Å². The number of hydrogen-bond acceptors (Lipinski definition) is 2. The maximum Gasteiger partial charge on any atom is 0.334 e. The van der Waals surface area contributed by atoms with Crippen molar-refractivity contribution in [2.45, 2.75) is 6.92 Å². The summed E-state index contributed by atoms with van der Waals surface area (Å²) in [4.78, 5) is 24.8. The molecule has 5 heteroatoms. The van der Waals surface area contributed by atoms with Crippen LogP contribution in [0.5, 0.6) is 0 Å². The quantitative estimate of drug-likeness (QED) is 0.675. The number of benzene rings is 1. The van der Waals surface area contributed by atoms with E-state index in [2.05, 4.69) is 4.98 Å². The standard InChI is InChI=1S/C9H7ClN2O2/c1-5-2-3-7-6(4-5)11-9(14)12(7)8(10)13/h2-4H,1H3,(H,11,14). The second-order valence-corrected chi connectivity index (χ2v) is 3.36. The number of fused-ring (bicyclic) bond motifs is 1. The summed E-state index contributed by atoms with van der Waals surface area (Å²) in [5, 5.41) is -0.801. The van der Waals surface area contributed by atoms with Crippen LogP contribution in [-0.2, 0) is 0 Å². The molecule has 0 saturated heterocycles. The van der Waals surface area contributed by atoms with E-state index in [4.69, 9.17) is 11.6 Å². The lowest BCUT2D eigenvalue weighted by Crippen LogP contribution is -2.19. The van der Waals surface area contributed by atoms with Crippen molar-refractivity contribution in [1.82, 2.24) is 9.55 Å². The van der Waals surface area contributed by atoms with Crippen molar-refractivity contribution in [3.05, 3.63) is 34.2 Å². The van der Waals surface area contributed by atoms with Crippen molar-refractivity contribution in [3.8, 4) is 0 Å². The molecular formula is C9H7ClN2O2. The van der Waals surface area contributed by atoms with E-state index in [0.717, 1.165) is 10.1 Å². The molecule has 2 aromatic rings. The molecule has 1 aromatic carbocycles. The summed E-state index contributed by atoms with van der Waals surface area (Å²) in [5.74, 6) is 0. The fourth-order valence-electron chi connectivity index (χ4n) is 1.40. The summed E-state index contributed by atoms with van der Waals surface area (Å²) < 4.78 is 0.899. The first kappa shape index (κ1) is 9.02. The van der Waals surface area contributed by atoms with Gasteiger partial charge >= 0.3 is 11.1 Å². The minimum absolute atomic E-state index is 0.501. The van der Waals surface area contributed by atoms with Crippen molar-refractivity contribution in [2.24, 2.45) is 0 Å². The van der Waals surface area contributed by atoms with E-state index in [1.807, 2.05) is 13.0 Å². The monoisotopic (exact) mass is 210 g/mol. The van der Waals surface area contributed by atoms with Crippen LogP contribution in [-0.4, -0.2) is 14.9 Å². The van der Waals surface area contributed by atoms with Gasteiger partial charge in [-0.1, -0.05) is 6.07 Å². The molecule has 0 radical (unpaired) electrons. The van der Waals surface area contributed by atoms with Crippen LogP contribution in [0.15, 0.2) is 23.0 Å². The number of rotatable bonds is 0. The van der Waals surface area contributed by atoms with Crippen molar-refractivity contribution < 1.29 is 4.79 Å². The highest BCUT2D eigenvalue weighted by Crippen LogP contribution is 2.12. The van der Waals surface area contributed by atoms with Crippen LogP contribution in [0.25, 0.3) is 11.0 Å². The van der Waals surface area contributed by atoms with Gasteiger partial charge in [-0.15, -0.1) is 0 Å². The number of aromatic nitrogens is 2. The fourth-order valence-corrected chi connectivity index (χ4v) is 1.57. The molecule has 1 N–H and O–H groups in total. The highest BCUT2D eigenvalue weighted by molar-refractivity contribution is 6.63. The number of halogens is 1. The zero-order valence-corrected chi connectivity index (χ0v) is 8.13. The van der Waals surface area contributed by atoms with E-state index >= 15 is 0 Å². The maximum absolute atomic E-state index is 11.3. The first-order valence-corrected chi connectivity index (χ1v) is 4.38. The average molecular weight is 211 g/mol. The Morgan fingerprint density at radius 2 is 2.21 bits per heavy atom. The fraction of sp³-hybridized carbons (Fsp3) is 0.111. The topological polar surface area (TPSA) is 54.9 Å². The Morgan fingerprint density at radius 3 is 2.86 bits per heavy atom. The lowest BCUT2D eigenvalue weighted by atomic mass is 10.2. The predicted octanol–water partition coefficient (Wildman–Crippen LogP) is 1.84. The summed E-state index contributed by atoms with van der Waals surface area (Å²) >= 11 is 5.27. The Bertz CT molecular complexity index is 568. The molecule has 0 aliphatic rings. The number of aryl methyl sites for hydroxylation is 1. The van der Waals surface area contributed by atoms with Crippen molar-refractivity contribution in [3.63, 3.8) is 0 Å². The summed E-state index contributed by atoms with van der Waals surface area (Å²) in [5.41, 5.74) is 1.61. The highest BCUT2D eigenvalue weighted by Gasteiger charge is 2.10. The smallest absolute Gasteiger partial charge is 0.305 e. The van der Waals surface area contributed by atoms with Gasteiger partial charge < -0.3 is 4.98 Å². The Kier molecular flexibility index (Phi) is 1.93. The number of carbonyl (C=O) groups excluding carboxylic acids is 1. The average Bonchev–Trinajstić information content (AvgIpc) is 2.39. The van der Waals surface area contributed by atoms with E-state index in [9.17, 15) is 9.59 Å². The van der Waals surface area contributed by atoms with Crippen molar-refractivity contribution >= 4 is 28.0 Å². The number of carbonyl (C=O) groups is 1. The zero-order chi connectivity index (χ0) is 10.3. The molecule has 0 saturated carbocycles. The normalized spacial score (nSPS) is 10.7. The molecule has 0 fully saturated rings. The summed E-state index contributed by atoms with van der Waals surface area (Å²) in [6, 6.07) is 5.28. The van der Waals surface area contributed by atoms with E-state index in [1.54, 1.807) is 12.1 Å². The van der Waals surface area contributed by atoms with Gasteiger partial charge in [-0.3, -0.25) is 4.79 Å². The number of imidazole rings is 1. The summed E-state index contributed by atoms with van der Waals surface area (Å²) in [6.07, 6.45) is 0. The molecule has 0 atom stereocenters. The number of nitrogens with zero attached hydrogens (tertiary/aromatic N) is 1. The van der Waals surface area contributed by atoms with Crippen molar-refractivity contribution in [1.29, 1.82) is 0 Å². The number of hydrogen-bond donors (Lipinski definition) is 1. The van der Waals surface area contributed by atoms with E-state index in [-0.39, 0.29) is 0 Å².